The highest BCUT2D eigenvalue weighted by molar-refractivity contribution is 7.92. The van der Waals surface area contributed by atoms with Crippen molar-refractivity contribution in [2.45, 2.75) is 34.8 Å². The minimum Gasteiger partial charge on any atom is -0.497 e. The summed E-state index contributed by atoms with van der Waals surface area (Å²) >= 11 is 0. The quantitative estimate of drug-likeness (QED) is 0.520. The van der Waals surface area contributed by atoms with Crippen molar-refractivity contribution in [3.05, 3.63) is 78.4 Å². The third-order valence-corrected chi connectivity index (χ3v) is 10.3. The number of rotatable bonds is 6. The van der Waals surface area contributed by atoms with Gasteiger partial charge >= 0.3 is 0 Å². The molecular formula is C25H27NO5S2. The maximum atomic E-state index is 13.1. The monoisotopic (exact) mass is 485 g/mol. The summed E-state index contributed by atoms with van der Waals surface area (Å²) in [4.78, 5) is 0.450. The van der Waals surface area contributed by atoms with Crippen LogP contribution in [0, 0.1) is 6.92 Å². The van der Waals surface area contributed by atoms with Crippen molar-refractivity contribution in [2.24, 2.45) is 0 Å². The summed E-state index contributed by atoms with van der Waals surface area (Å²) in [5, 5.41) is -0.610. The number of piperidine rings is 1. The minimum atomic E-state index is -3.69. The summed E-state index contributed by atoms with van der Waals surface area (Å²) in [6.07, 6.45) is 0.518. The lowest BCUT2D eigenvalue weighted by molar-refractivity contribution is 0.345. The van der Waals surface area contributed by atoms with Gasteiger partial charge in [0.2, 0.25) is 10.0 Å². The van der Waals surface area contributed by atoms with Gasteiger partial charge in [0, 0.05) is 13.1 Å². The fourth-order valence-corrected chi connectivity index (χ4v) is 7.26. The molecule has 0 aromatic heterocycles. The maximum Gasteiger partial charge on any atom is 0.243 e. The van der Waals surface area contributed by atoms with E-state index < -0.39 is 25.1 Å². The molecule has 0 N–H and O–H groups in total. The van der Waals surface area contributed by atoms with Gasteiger partial charge in [-0.05, 0) is 67.3 Å². The molecule has 3 aromatic rings. The minimum absolute atomic E-state index is 0.169. The standard InChI is InChI=1S/C25H27NO5S2/c1-19-3-5-20(6-4-19)21-7-11-25(12-8-21)33(29,30)26-17-15-24(16-18-26)32(27,28)23-13-9-22(31-2)10-14-23/h3-14,24H,15-18H2,1-2H3. The van der Waals surface area contributed by atoms with Gasteiger partial charge in [-0.2, -0.15) is 4.31 Å². The van der Waals surface area contributed by atoms with Crippen molar-refractivity contribution in [2.75, 3.05) is 20.2 Å². The molecule has 0 unspecified atom stereocenters. The number of sulfone groups is 1. The molecule has 1 fully saturated rings. The fourth-order valence-electron chi connectivity index (χ4n) is 4.06. The van der Waals surface area contributed by atoms with Gasteiger partial charge in [0.15, 0.2) is 9.84 Å². The number of hydrogen-bond acceptors (Lipinski definition) is 5. The zero-order valence-electron chi connectivity index (χ0n) is 18.6. The average Bonchev–Trinajstić information content (AvgIpc) is 2.84. The zero-order valence-corrected chi connectivity index (χ0v) is 20.3. The highest BCUT2D eigenvalue weighted by atomic mass is 32.2. The molecule has 1 saturated heterocycles. The lowest BCUT2D eigenvalue weighted by Gasteiger charge is -2.31. The van der Waals surface area contributed by atoms with E-state index in [9.17, 15) is 16.8 Å². The first-order valence-corrected chi connectivity index (χ1v) is 13.8. The van der Waals surface area contributed by atoms with Crippen LogP contribution in [0.1, 0.15) is 18.4 Å². The molecule has 1 aliphatic heterocycles. The number of methoxy groups -OCH3 is 1. The molecule has 6 nitrogen and oxygen atoms in total. The summed E-state index contributed by atoms with van der Waals surface area (Å²) in [7, 11) is -5.70. The summed E-state index contributed by atoms with van der Waals surface area (Å²) in [5.74, 6) is 0.586. The Morgan fingerprint density at radius 2 is 1.21 bits per heavy atom. The van der Waals surface area contributed by atoms with Gasteiger partial charge in [-0.15, -0.1) is 0 Å². The molecule has 0 amide bonds. The smallest absolute Gasteiger partial charge is 0.243 e. The molecule has 174 valence electrons. The number of aryl methyl sites for hydroxylation is 1. The molecule has 0 saturated carbocycles. The first-order chi connectivity index (χ1) is 15.7. The first-order valence-electron chi connectivity index (χ1n) is 10.8. The molecule has 0 bridgehead atoms. The van der Waals surface area contributed by atoms with E-state index in [4.69, 9.17) is 4.74 Å². The van der Waals surface area contributed by atoms with E-state index in [-0.39, 0.29) is 35.7 Å². The predicted octanol–water partition coefficient (Wildman–Crippen LogP) is 4.30. The molecule has 0 aliphatic carbocycles. The third-order valence-electron chi connectivity index (χ3n) is 6.10. The first kappa shape index (κ1) is 23.5. The Hall–Kier alpha value is -2.68. The second-order valence-electron chi connectivity index (χ2n) is 8.21. The van der Waals surface area contributed by atoms with Crippen LogP contribution in [0.15, 0.2) is 82.6 Å². The highest BCUT2D eigenvalue weighted by Crippen LogP contribution is 2.29. The third kappa shape index (κ3) is 4.83. The molecular weight excluding hydrogens is 458 g/mol. The predicted molar refractivity (Wildman–Crippen MR) is 129 cm³/mol. The van der Waals surface area contributed by atoms with Crippen LogP contribution in [-0.2, 0) is 19.9 Å². The van der Waals surface area contributed by atoms with Crippen LogP contribution < -0.4 is 4.74 Å². The second-order valence-corrected chi connectivity index (χ2v) is 12.4. The summed E-state index contributed by atoms with van der Waals surface area (Å²) in [5.41, 5.74) is 3.13. The number of sulfonamides is 1. The second kappa shape index (κ2) is 9.29. The van der Waals surface area contributed by atoms with Crippen LogP contribution in [-0.4, -0.2) is 46.6 Å². The maximum absolute atomic E-state index is 13.1. The van der Waals surface area contributed by atoms with E-state index in [1.54, 1.807) is 36.4 Å². The van der Waals surface area contributed by atoms with E-state index in [2.05, 4.69) is 0 Å². The molecule has 0 radical (unpaired) electrons. The number of nitrogens with zero attached hydrogens (tertiary/aromatic N) is 1. The SMILES string of the molecule is COc1ccc(S(=O)(=O)C2CCN(S(=O)(=O)c3ccc(-c4ccc(C)cc4)cc3)CC2)cc1. The van der Waals surface area contributed by atoms with Crippen LogP contribution in [0.4, 0.5) is 0 Å². The summed E-state index contributed by atoms with van der Waals surface area (Å²) < 4.78 is 58.7. The largest absolute Gasteiger partial charge is 0.497 e. The van der Waals surface area contributed by atoms with E-state index in [0.29, 0.717) is 5.75 Å². The zero-order chi connectivity index (χ0) is 23.6. The molecule has 1 aliphatic rings. The van der Waals surface area contributed by atoms with Crippen LogP contribution in [0.3, 0.4) is 0 Å². The molecule has 8 heteroatoms. The Morgan fingerprint density at radius 3 is 1.73 bits per heavy atom. The van der Waals surface area contributed by atoms with Gasteiger partial charge in [0.05, 0.1) is 22.2 Å². The van der Waals surface area contributed by atoms with Crippen LogP contribution in [0.2, 0.25) is 0 Å². The van der Waals surface area contributed by atoms with E-state index >= 15 is 0 Å². The van der Waals surface area contributed by atoms with E-state index in [0.717, 1.165) is 16.7 Å². The molecule has 3 aromatic carbocycles. The van der Waals surface area contributed by atoms with Crippen LogP contribution in [0.25, 0.3) is 11.1 Å². The Kier molecular flexibility index (Phi) is 6.61. The molecule has 1 heterocycles. The topological polar surface area (TPSA) is 80.8 Å². The molecule has 0 atom stereocenters. The number of ether oxygens (including phenoxy) is 1. The van der Waals surface area contributed by atoms with Gasteiger partial charge < -0.3 is 4.74 Å². The van der Waals surface area contributed by atoms with Crippen molar-refractivity contribution >= 4 is 19.9 Å². The lowest BCUT2D eigenvalue weighted by Crippen LogP contribution is -2.42. The average molecular weight is 486 g/mol. The summed E-state index contributed by atoms with van der Waals surface area (Å²) in [6, 6.07) is 21.2. The van der Waals surface area contributed by atoms with Crippen LogP contribution in [0.5, 0.6) is 5.75 Å². The Labute approximate surface area is 195 Å². The normalized spacial score (nSPS) is 15.9. The lowest BCUT2D eigenvalue weighted by atomic mass is 10.0. The van der Waals surface area contributed by atoms with Gasteiger partial charge in [0.25, 0.3) is 0 Å². The van der Waals surface area contributed by atoms with Crippen molar-refractivity contribution in [3.63, 3.8) is 0 Å². The number of hydrogen-bond donors (Lipinski definition) is 0. The van der Waals surface area contributed by atoms with Gasteiger partial charge in [-0.3, -0.25) is 0 Å². The Morgan fingerprint density at radius 1 is 0.727 bits per heavy atom. The van der Waals surface area contributed by atoms with Gasteiger partial charge in [-0.25, -0.2) is 16.8 Å². The molecule has 0 spiro atoms. The molecule has 4 rings (SSSR count). The van der Waals surface area contributed by atoms with E-state index in [1.165, 1.54) is 23.5 Å². The Bertz CT molecular complexity index is 1310. The van der Waals surface area contributed by atoms with Crippen LogP contribution >= 0.6 is 0 Å². The van der Waals surface area contributed by atoms with Crippen molar-refractivity contribution < 1.29 is 21.6 Å². The highest BCUT2D eigenvalue weighted by Gasteiger charge is 2.35. The van der Waals surface area contributed by atoms with Gasteiger partial charge in [0.1, 0.15) is 5.75 Å². The number of benzene rings is 3. The van der Waals surface area contributed by atoms with Gasteiger partial charge in [-0.1, -0.05) is 42.0 Å². The van der Waals surface area contributed by atoms with Crippen molar-refractivity contribution in [1.82, 2.24) is 4.31 Å². The molecule has 33 heavy (non-hydrogen) atoms. The van der Waals surface area contributed by atoms with E-state index in [1.807, 2.05) is 31.2 Å². The van der Waals surface area contributed by atoms with Crippen molar-refractivity contribution in [3.8, 4) is 16.9 Å². The Balaban J connectivity index is 1.45. The van der Waals surface area contributed by atoms with Crippen molar-refractivity contribution in [1.29, 1.82) is 0 Å². The fraction of sp³-hybridized carbons (Fsp3) is 0.280. The summed E-state index contributed by atoms with van der Waals surface area (Å²) in [6.45, 7) is 2.36.